The monoisotopic (exact) mass is 958 g/mol. The van der Waals surface area contributed by atoms with Crippen molar-refractivity contribution in [2.75, 3.05) is 31.7 Å². The van der Waals surface area contributed by atoms with Crippen LogP contribution in [-0.4, -0.2) is 88.5 Å². The molecule has 0 saturated carbocycles. The average Bonchev–Trinajstić information content (AvgIpc) is 3.71. The zero-order chi connectivity index (χ0) is 49.9. The van der Waals surface area contributed by atoms with Gasteiger partial charge in [0.2, 0.25) is 35.4 Å². The van der Waals surface area contributed by atoms with Crippen LogP contribution in [0, 0.1) is 12.7 Å². The normalized spacial score (nSPS) is 16.7. The van der Waals surface area contributed by atoms with E-state index in [4.69, 9.17) is 14.5 Å². The third-order valence-corrected chi connectivity index (χ3v) is 12.8. The van der Waals surface area contributed by atoms with Crippen LogP contribution in [0.2, 0.25) is 0 Å². The third-order valence-electron chi connectivity index (χ3n) is 12.8. The van der Waals surface area contributed by atoms with Gasteiger partial charge in [0.15, 0.2) is 5.60 Å². The van der Waals surface area contributed by atoms with E-state index < -0.39 is 77.7 Å². The number of amides is 6. The Bertz CT molecular complexity index is 3020. The molecule has 70 heavy (non-hydrogen) atoms. The number of fused-ring (bicyclic) bond motifs is 5. The third kappa shape index (κ3) is 10.1. The number of nitrogens with one attached hydrogen (secondary N) is 6. The van der Waals surface area contributed by atoms with Gasteiger partial charge in [-0.25, -0.2) is 14.2 Å². The number of benzene rings is 3. The second-order valence-corrected chi connectivity index (χ2v) is 17.4. The summed E-state index contributed by atoms with van der Waals surface area (Å²) >= 11 is 0. The summed E-state index contributed by atoms with van der Waals surface area (Å²) in [6.07, 6.45) is 1.00. The number of nitrogens with zero attached hydrogens (tertiary/aromatic N) is 2. The van der Waals surface area contributed by atoms with E-state index in [1.807, 2.05) is 0 Å². The first-order chi connectivity index (χ1) is 33.5. The number of aliphatic hydroxyl groups is 1. The SMILES string of the molecule is CC[C@@]1(O)C(=O)OCc2c1cc1n(c2=O)Cc2c-1nc1cc(F)c(C)c3c1c2[C@@H](NC(=O)Cc1ccc(NC(=O)COCNC(=O)CNC(=O)[C@H](Cc2ccccc2)NC(=O)CNC(C)=O)cc1)CC3. The number of ether oxygens (including phenoxy) is 2. The topological polar surface area (TPSA) is 265 Å². The summed E-state index contributed by atoms with van der Waals surface area (Å²) < 4.78 is 27.4. The fourth-order valence-electron chi connectivity index (χ4n) is 9.17. The minimum Gasteiger partial charge on any atom is -0.458 e. The fraction of sp³-hybridized carbons (Fsp3) is 0.340. The zero-order valence-electron chi connectivity index (χ0n) is 38.6. The number of carbonyl (C=O) groups excluding carboxylic acids is 7. The molecule has 3 aliphatic rings. The van der Waals surface area contributed by atoms with E-state index in [-0.39, 0.29) is 62.7 Å². The van der Waals surface area contributed by atoms with Gasteiger partial charge < -0.3 is 51.0 Å². The molecule has 2 aliphatic heterocycles. The summed E-state index contributed by atoms with van der Waals surface area (Å²) in [5.41, 5.74) is 3.49. The van der Waals surface area contributed by atoms with Crippen molar-refractivity contribution in [3.8, 4) is 11.4 Å². The highest BCUT2D eigenvalue weighted by molar-refractivity contribution is 5.95. The van der Waals surface area contributed by atoms with Crippen LogP contribution in [0.1, 0.15) is 77.2 Å². The molecule has 0 unspecified atom stereocenters. The van der Waals surface area contributed by atoms with Crippen LogP contribution in [0.15, 0.2) is 71.5 Å². The Morgan fingerprint density at radius 1 is 0.914 bits per heavy atom. The molecule has 7 N–H and O–H groups in total. The minimum atomic E-state index is -2.02. The highest BCUT2D eigenvalue weighted by Gasteiger charge is 2.46. The predicted octanol–water partition coefficient (Wildman–Crippen LogP) is 1.88. The van der Waals surface area contributed by atoms with E-state index in [9.17, 15) is 43.5 Å². The second-order valence-electron chi connectivity index (χ2n) is 17.4. The summed E-state index contributed by atoms with van der Waals surface area (Å²) in [5.74, 6) is -4.34. The summed E-state index contributed by atoms with van der Waals surface area (Å²) in [6, 6.07) is 16.9. The quantitative estimate of drug-likeness (QED) is 0.0393. The molecule has 8 rings (SSSR count). The fourth-order valence-corrected chi connectivity index (χ4v) is 9.17. The molecule has 0 radical (unpaired) electrons. The lowest BCUT2D eigenvalue weighted by Gasteiger charge is -2.31. The second kappa shape index (κ2) is 20.4. The van der Waals surface area contributed by atoms with Crippen molar-refractivity contribution in [3.05, 3.63) is 127 Å². The van der Waals surface area contributed by atoms with Crippen LogP contribution in [0.4, 0.5) is 10.1 Å². The molecule has 2 aromatic heterocycles. The zero-order valence-corrected chi connectivity index (χ0v) is 38.6. The molecule has 3 atom stereocenters. The number of hydrogen-bond donors (Lipinski definition) is 7. The summed E-state index contributed by atoms with van der Waals surface area (Å²) in [6.45, 7) is 2.86. The highest BCUT2D eigenvalue weighted by atomic mass is 19.1. The van der Waals surface area contributed by atoms with E-state index in [2.05, 4.69) is 31.9 Å². The van der Waals surface area contributed by atoms with Crippen molar-refractivity contribution in [1.29, 1.82) is 0 Å². The Kier molecular flexibility index (Phi) is 14.2. The molecule has 20 heteroatoms. The molecule has 6 amide bonds. The van der Waals surface area contributed by atoms with Gasteiger partial charge in [-0.3, -0.25) is 33.6 Å². The first-order valence-corrected chi connectivity index (χ1v) is 22.7. The number of rotatable bonds is 17. The predicted molar refractivity (Wildman–Crippen MR) is 250 cm³/mol. The number of carbonyl (C=O) groups is 7. The van der Waals surface area contributed by atoms with Gasteiger partial charge in [0.1, 0.15) is 31.8 Å². The number of halogens is 1. The van der Waals surface area contributed by atoms with E-state index in [1.165, 1.54) is 17.6 Å². The van der Waals surface area contributed by atoms with E-state index in [0.29, 0.717) is 57.5 Å². The van der Waals surface area contributed by atoms with E-state index in [1.54, 1.807) is 74.5 Å². The van der Waals surface area contributed by atoms with Gasteiger partial charge >= 0.3 is 5.97 Å². The van der Waals surface area contributed by atoms with Crippen molar-refractivity contribution in [2.45, 2.75) is 83.7 Å². The van der Waals surface area contributed by atoms with Crippen molar-refractivity contribution in [3.63, 3.8) is 0 Å². The smallest absolute Gasteiger partial charge is 0.343 e. The Morgan fingerprint density at radius 2 is 1.66 bits per heavy atom. The van der Waals surface area contributed by atoms with E-state index >= 15 is 4.39 Å². The molecule has 1 aliphatic carbocycles. The van der Waals surface area contributed by atoms with Crippen molar-refractivity contribution >= 4 is 58.0 Å². The van der Waals surface area contributed by atoms with Gasteiger partial charge in [0.25, 0.3) is 5.56 Å². The lowest BCUT2D eigenvalue weighted by Crippen LogP contribution is -2.52. The highest BCUT2D eigenvalue weighted by Crippen LogP contribution is 2.46. The van der Waals surface area contributed by atoms with Crippen molar-refractivity contribution in [1.82, 2.24) is 36.1 Å². The number of esters is 1. The lowest BCUT2D eigenvalue weighted by molar-refractivity contribution is -0.172. The molecular weight excluding hydrogens is 908 g/mol. The Balaban J connectivity index is 0.847. The van der Waals surface area contributed by atoms with Gasteiger partial charge in [0, 0.05) is 41.6 Å². The maximum atomic E-state index is 15.4. The number of cyclic esters (lactones) is 1. The van der Waals surface area contributed by atoms with Crippen LogP contribution in [0.3, 0.4) is 0 Å². The molecule has 0 saturated heterocycles. The number of hydrogen-bond acceptors (Lipinski definition) is 12. The van der Waals surface area contributed by atoms with Gasteiger partial charge in [-0.05, 0) is 72.2 Å². The van der Waals surface area contributed by atoms with Crippen LogP contribution >= 0.6 is 0 Å². The summed E-state index contributed by atoms with van der Waals surface area (Å²) in [7, 11) is 0. The molecule has 0 bridgehead atoms. The lowest BCUT2D eigenvalue weighted by atomic mass is 9.81. The molecule has 5 aromatic rings. The maximum absolute atomic E-state index is 15.4. The molecule has 19 nitrogen and oxygen atoms in total. The molecular formula is C50H51FN8O11. The first-order valence-electron chi connectivity index (χ1n) is 22.7. The van der Waals surface area contributed by atoms with Crippen molar-refractivity contribution in [2.24, 2.45) is 0 Å². The molecule has 3 aromatic carbocycles. The van der Waals surface area contributed by atoms with Crippen LogP contribution in [0.25, 0.3) is 22.3 Å². The number of aryl methyl sites for hydroxylation is 1. The number of pyridine rings is 2. The van der Waals surface area contributed by atoms with Gasteiger partial charge in [-0.1, -0.05) is 49.4 Å². The first kappa shape index (κ1) is 48.6. The van der Waals surface area contributed by atoms with Crippen LogP contribution < -0.4 is 37.5 Å². The Labute approximate surface area is 399 Å². The Morgan fingerprint density at radius 3 is 2.39 bits per heavy atom. The van der Waals surface area contributed by atoms with Gasteiger partial charge in [0.05, 0.1) is 54.6 Å². The van der Waals surface area contributed by atoms with E-state index in [0.717, 1.165) is 16.7 Å². The Hall–Kier alpha value is -7.84. The standard InChI is InChI=1S/C50H51FN8O11/c1-4-50(68)34-18-39-46-32(22-59(39)48(66)33(34)23-70-49(50)67)45-36(15-14-31-26(2)35(51)19-37(58-46)44(31)45)56-40(61)17-29-10-12-30(13-11-29)55-43(64)24-69-25-54-41(62)20-53-47(65)38(16-28-8-6-5-7-9-28)57-42(63)21-52-27(3)60/h5-13,18-19,36,38,68H,4,14-17,20-25H2,1-3H3,(H,52,60)(H,53,65)(H,54,62)(H,55,64)(H,56,61)(H,57,63)/t36-,38-,50-/m0/s1. The largest absolute Gasteiger partial charge is 0.458 e. The molecule has 364 valence electrons. The molecule has 0 spiro atoms. The van der Waals surface area contributed by atoms with Crippen LogP contribution in [-0.2, 0) is 81.1 Å². The number of anilines is 1. The van der Waals surface area contributed by atoms with Gasteiger partial charge in [-0.15, -0.1) is 0 Å². The molecule has 4 heterocycles. The van der Waals surface area contributed by atoms with Crippen molar-refractivity contribution < 1.29 is 52.5 Å². The minimum absolute atomic E-state index is 0.0172. The van der Waals surface area contributed by atoms with Gasteiger partial charge in [-0.2, -0.15) is 0 Å². The maximum Gasteiger partial charge on any atom is 0.343 e. The molecule has 0 fully saturated rings. The average molecular weight is 959 g/mol. The number of aromatic nitrogens is 2. The van der Waals surface area contributed by atoms with Crippen LogP contribution in [0.5, 0.6) is 0 Å². The summed E-state index contributed by atoms with van der Waals surface area (Å²) in [5, 5.41) is 27.8. The summed E-state index contributed by atoms with van der Waals surface area (Å²) in [4.78, 5) is 107.